The molecule has 0 unspecified atom stereocenters. The molecule has 0 spiro atoms. The number of rotatable bonds is 8. The fourth-order valence-electron chi connectivity index (χ4n) is 3.03. The Morgan fingerprint density at radius 3 is 2.25 bits per heavy atom. The van der Waals surface area contributed by atoms with Gasteiger partial charge in [0.05, 0.1) is 12.8 Å². The van der Waals surface area contributed by atoms with Crippen LogP contribution in [0, 0.1) is 5.82 Å². The number of aliphatic imine (C=N–C) groups is 1. The molecule has 4 aromatic carbocycles. The van der Waals surface area contributed by atoms with E-state index >= 15 is 0 Å². The van der Waals surface area contributed by atoms with Gasteiger partial charge in [0.2, 0.25) is 0 Å². The predicted octanol–water partition coefficient (Wildman–Crippen LogP) is 6.96. The zero-order valence-corrected chi connectivity index (χ0v) is 17.6. The highest BCUT2D eigenvalue weighted by Gasteiger charge is 2.07. The molecule has 0 aliphatic heterocycles. The molecule has 32 heavy (non-hydrogen) atoms. The summed E-state index contributed by atoms with van der Waals surface area (Å²) in [7, 11) is 1.57. The van der Waals surface area contributed by atoms with E-state index in [1.807, 2.05) is 66.7 Å². The largest absolute Gasteiger partial charge is 0.493 e. The number of hydrogen-bond acceptors (Lipinski definition) is 4. The zero-order valence-electron chi connectivity index (χ0n) is 17.6. The molecule has 0 bridgehead atoms. The number of ether oxygens (including phenoxy) is 3. The molecule has 0 saturated carbocycles. The third kappa shape index (κ3) is 5.52. The highest BCUT2D eigenvalue weighted by atomic mass is 19.1. The van der Waals surface area contributed by atoms with E-state index < -0.39 is 0 Å². The Balaban J connectivity index is 1.41. The Morgan fingerprint density at radius 2 is 1.50 bits per heavy atom. The number of halogens is 1. The first-order chi connectivity index (χ1) is 15.7. The van der Waals surface area contributed by atoms with Crippen molar-refractivity contribution in [2.45, 2.75) is 6.61 Å². The molecule has 0 radical (unpaired) electrons. The summed E-state index contributed by atoms with van der Waals surface area (Å²) in [6.45, 7) is 0.119. The second-order valence-corrected chi connectivity index (χ2v) is 6.96. The van der Waals surface area contributed by atoms with Gasteiger partial charge in [-0.05, 0) is 66.2 Å². The quantitative estimate of drug-likeness (QED) is 0.286. The maximum Gasteiger partial charge on any atom is 0.161 e. The molecule has 0 fully saturated rings. The summed E-state index contributed by atoms with van der Waals surface area (Å²) < 4.78 is 30.8. The fourth-order valence-corrected chi connectivity index (χ4v) is 3.03. The average molecular weight is 427 g/mol. The van der Waals surface area contributed by atoms with Gasteiger partial charge in [0.15, 0.2) is 11.5 Å². The van der Waals surface area contributed by atoms with Crippen LogP contribution in [0.15, 0.2) is 102 Å². The molecule has 0 saturated heterocycles. The molecule has 4 rings (SSSR count). The van der Waals surface area contributed by atoms with Crippen LogP contribution in [0.25, 0.3) is 0 Å². The molecule has 0 amide bonds. The zero-order chi connectivity index (χ0) is 22.2. The Morgan fingerprint density at radius 1 is 0.781 bits per heavy atom. The van der Waals surface area contributed by atoms with E-state index in [4.69, 9.17) is 14.2 Å². The number of para-hydroxylation sites is 1. The van der Waals surface area contributed by atoms with Crippen LogP contribution in [0.1, 0.15) is 11.1 Å². The molecule has 0 N–H and O–H groups in total. The molecular weight excluding hydrogens is 405 g/mol. The summed E-state index contributed by atoms with van der Waals surface area (Å²) in [4.78, 5) is 4.51. The van der Waals surface area contributed by atoms with E-state index in [0.29, 0.717) is 17.1 Å². The summed E-state index contributed by atoms with van der Waals surface area (Å²) in [6.07, 6.45) is 1.75. The molecule has 0 aliphatic carbocycles. The van der Waals surface area contributed by atoms with Crippen molar-refractivity contribution in [3.05, 3.63) is 114 Å². The number of hydrogen-bond donors (Lipinski definition) is 0. The lowest BCUT2D eigenvalue weighted by atomic mass is 10.2. The molecule has 0 atom stereocenters. The first kappa shape index (κ1) is 21.1. The van der Waals surface area contributed by atoms with Crippen molar-refractivity contribution in [2.75, 3.05) is 7.11 Å². The topological polar surface area (TPSA) is 40.0 Å². The summed E-state index contributed by atoms with van der Waals surface area (Å²) >= 11 is 0. The Kier molecular flexibility index (Phi) is 6.78. The second-order valence-electron chi connectivity index (χ2n) is 6.96. The average Bonchev–Trinajstić information content (AvgIpc) is 2.84. The van der Waals surface area contributed by atoms with Gasteiger partial charge in [0, 0.05) is 11.8 Å². The highest BCUT2D eigenvalue weighted by Crippen LogP contribution is 2.29. The monoisotopic (exact) mass is 427 g/mol. The molecule has 4 aromatic rings. The molecule has 0 aliphatic rings. The van der Waals surface area contributed by atoms with Gasteiger partial charge in [0.1, 0.15) is 23.9 Å². The van der Waals surface area contributed by atoms with Gasteiger partial charge in [-0.2, -0.15) is 0 Å². The molecule has 4 nitrogen and oxygen atoms in total. The lowest BCUT2D eigenvalue weighted by Gasteiger charge is -2.11. The lowest BCUT2D eigenvalue weighted by molar-refractivity contribution is 0.279. The molecule has 160 valence electrons. The van der Waals surface area contributed by atoms with Crippen LogP contribution < -0.4 is 14.2 Å². The normalized spacial score (nSPS) is 10.8. The van der Waals surface area contributed by atoms with Crippen molar-refractivity contribution < 1.29 is 18.6 Å². The number of methoxy groups -OCH3 is 1. The summed E-state index contributed by atoms with van der Waals surface area (Å²) in [5.74, 6) is 2.32. The van der Waals surface area contributed by atoms with Gasteiger partial charge in [-0.25, -0.2) is 4.39 Å². The van der Waals surface area contributed by atoms with E-state index in [9.17, 15) is 4.39 Å². The Labute approximate surface area is 186 Å². The van der Waals surface area contributed by atoms with Crippen LogP contribution in [0.5, 0.6) is 23.0 Å². The Hall–Kier alpha value is -4.12. The molecule has 5 heteroatoms. The fraction of sp³-hybridized carbons (Fsp3) is 0.0741. The first-order valence-corrected chi connectivity index (χ1v) is 10.1. The number of nitrogens with zero attached hydrogens (tertiary/aromatic N) is 1. The van der Waals surface area contributed by atoms with Crippen LogP contribution in [0.3, 0.4) is 0 Å². The maximum absolute atomic E-state index is 13.8. The van der Waals surface area contributed by atoms with E-state index in [-0.39, 0.29) is 12.4 Å². The van der Waals surface area contributed by atoms with Crippen LogP contribution in [0.2, 0.25) is 0 Å². The Bertz CT molecular complexity index is 1190. The highest BCUT2D eigenvalue weighted by molar-refractivity contribution is 5.83. The van der Waals surface area contributed by atoms with Crippen molar-refractivity contribution in [3.8, 4) is 23.0 Å². The van der Waals surface area contributed by atoms with Gasteiger partial charge >= 0.3 is 0 Å². The van der Waals surface area contributed by atoms with E-state index in [0.717, 1.165) is 22.7 Å². The van der Waals surface area contributed by atoms with Crippen LogP contribution >= 0.6 is 0 Å². The van der Waals surface area contributed by atoms with Gasteiger partial charge in [0.25, 0.3) is 0 Å². The van der Waals surface area contributed by atoms with Crippen molar-refractivity contribution in [2.24, 2.45) is 4.99 Å². The molecular formula is C27H22FNO3. The molecule has 0 heterocycles. The van der Waals surface area contributed by atoms with Gasteiger partial charge in [-0.1, -0.05) is 36.4 Å². The summed E-state index contributed by atoms with van der Waals surface area (Å²) in [5, 5.41) is 0. The predicted molar refractivity (Wildman–Crippen MR) is 124 cm³/mol. The lowest BCUT2D eigenvalue weighted by Crippen LogP contribution is -2.00. The smallest absolute Gasteiger partial charge is 0.161 e. The van der Waals surface area contributed by atoms with Gasteiger partial charge in [-0.15, -0.1) is 0 Å². The van der Waals surface area contributed by atoms with Crippen molar-refractivity contribution in [1.82, 2.24) is 0 Å². The van der Waals surface area contributed by atoms with E-state index in [1.54, 1.807) is 37.6 Å². The first-order valence-electron chi connectivity index (χ1n) is 10.1. The minimum absolute atomic E-state index is 0.119. The maximum atomic E-state index is 13.8. The SMILES string of the molecule is COc1cc(C=Nc2ccc(Oc3ccccc3)cc2)ccc1OCc1ccccc1F. The van der Waals surface area contributed by atoms with Crippen LogP contribution in [-0.4, -0.2) is 13.3 Å². The summed E-state index contributed by atoms with van der Waals surface area (Å²) in [6, 6.07) is 29.2. The summed E-state index contributed by atoms with van der Waals surface area (Å²) in [5.41, 5.74) is 2.13. The van der Waals surface area contributed by atoms with E-state index in [2.05, 4.69) is 4.99 Å². The number of benzene rings is 4. The molecule has 0 aromatic heterocycles. The van der Waals surface area contributed by atoms with Crippen molar-refractivity contribution >= 4 is 11.9 Å². The minimum Gasteiger partial charge on any atom is -0.493 e. The minimum atomic E-state index is -0.296. The van der Waals surface area contributed by atoms with Crippen molar-refractivity contribution in [1.29, 1.82) is 0 Å². The van der Waals surface area contributed by atoms with Gasteiger partial charge in [-0.3, -0.25) is 4.99 Å². The standard InChI is InChI=1S/C27H22FNO3/c1-30-27-17-20(11-16-26(27)31-19-21-7-5-6-10-25(21)28)18-29-22-12-14-24(15-13-22)32-23-8-3-2-4-9-23/h2-18H,19H2,1H3. The third-order valence-electron chi connectivity index (χ3n) is 4.71. The van der Waals surface area contributed by atoms with Crippen LogP contribution in [0.4, 0.5) is 10.1 Å². The second kappa shape index (κ2) is 10.3. The van der Waals surface area contributed by atoms with Crippen LogP contribution in [-0.2, 0) is 6.61 Å². The third-order valence-corrected chi connectivity index (χ3v) is 4.71. The van der Waals surface area contributed by atoms with E-state index in [1.165, 1.54) is 6.07 Å². The van der Waals surface area contributed by atoms with Crippen molar-refractivity contribution in [3.63, 3.8) is 0 Å². The van der Waals surface area contributed by atoms with Gasteiger partial charge < -0.3 is 14.2 Å².